The monoisotopic (exact) mass is 448 g/mol. The number of halogens is 4. The number of hydrogen-bond donors (Lipinski definition) is 0. The van der Waals surface area contributed by atoms with Gasteiger partial charge in [0.15, 0.2) is 28.9 Å². The van der Waals surface area contributed by atoms with E-state index in [1.165, 1.54) is 4.90 Å². The van der Waals surface area contributed by atoms with Crippen molar-refractivity contribution in [1.82, 2.24) is 19.4 Å². The maximum Gasteiger partial charge on any atom is 0.260 e. The van der Waals surface area contributed by atoms with Gasteiger partial charge < -0.3 is 9.47 Å². The van der Waals surface area contributed by atoms with Crippen LogP contribution in [0.25, 0.3) is 11.2 Å². The molecule has 0 N–H and O–H groups in total. The zero-order chi connectivity index (χ0) is 22.8. The van der Waals surface area contributed by atoms with Crippen LogP contribution in [-0.4, -0.2) is 31.9 Å². The first-order valence-corrected chi connectivity index (χ1v) is 10.8. The number of carbonyl (C=O) groups excluding carboxylic acids is 1. The minimum absolute atomic E-state index is 0.0529. The van der Waals surface area contributed by atoms with Gasteiger partial charge in [0.25, 0.3) is 5.91 Å². The van der Waals surface area contributed by atoms with Crippen LogP contribution in [0.4, 0.5) is 17.6 Å². The lowest BCUT2D eigenvalue weighted by Crippen LogP contribution is -2.34. The fourth-order valence-electron chi connectivity index (χ4n) is 3.77. The molecule has 0 saturated heterocycles. The summed E-state index contributed by atoms with van der Waals surface area (Å²) in [6.07, 6.45) is 6.05. The van der Waals surface area contributed by atoms with Crippen molar-refractivity contribution in [3.05, 3.63) is 59.1 Å². The minimum atomic E-state index is -1.69. The fourth-order valence-corrected chi connectivity index (χ4v) is 3.77. The van der Waals surface area contributed by atoms with Crippen molar-refractivity contribution in [3.8, 4) is 0 Å². The lowest BCUT2D eigenvalue weighted by molar-refractivity contribution is 0.0721. The summed E-state index contributed by atoms with van der Waals surface area (Å²) in [4.78, 5) is 23.3. The van der Waals surface area contributed by atoms with Gasteiger partial charge in [0, 0.05) is 25.4 Å². The summed E-state index contributed by atoms with van der Waals surface area (Å²) in [5.41, 5.74) is 0.102. The first-order chi connectivity index (χ1) is 15.4. The Morgan fingerprint density at radius 3 is 2.53 bits per heavy atom. The number of carbonyl (C=O) groups is 1. The van der Waals surface area contributed by atoms with Crippen LogP contribution in [0.5, 0.6) is 0 Å². The molecule has 0 atom stereocenters. The molecule has 0 aliphatic heterocycles. The molecule has 0 radical (unpaired) electrons. The van der Waals surface area contributed by atoms with Crippen molar-refractivity contribution < 1.29 is 22.4 Å². The molecule has 1 aromatic carbocycles. The largest absolute Gasteiger partial charge is 0.331 e. The molecule has 0 unspecified atom stereocenters. The Labute approximate surface area is 183 Å². The Hall–Kier alpha value is -2.97. The van der Waals surface area contributed by atoms with E-state index in [-0.39, 0.29) is 19.2 Å². The zero-order valence-electron chi connectivity index (χ0n) is 17.8. The standard InChI is InChI=1S/C23H24F4N4O/c1-2-3-4-10-30(23(32)19-20(26)15(24)11-16(25)21(19)27)13-18-29-17-6-5-9-28-22(17)31(18)12-14-7-8-14/h5-6,9,11,14H,2-4,7-8,10,12-13H2,1H3. The summed E-state index contributed by atoms with van der Waals surface area (Å²) in [6, 6.07) is 3.66. The number of unbranched alkanes of at least 4 members (excludes halogenated alkanes) is 2. The van der Waals surface area contributed by atoms with Gasteiger partial charge in [0.2, 0.25) is 0 Å². The van der Waals surface area contributed by atoms with Crippen LogP contribution in [0.3, 0.4) is 0 Å². The van der Waals surface area contributed by atoms with Crippen LogP contribution in [0.15, 0.2) is 24.4 Å². The number of nitrogens with zero attached hydrogens (tertiary/aromatic N) is 4. The van der Waals surface area contributed by atoms with Crippen molar-refractivity contribution >= 4 is 17.1 Å². The molecule has 4 rings (SSSR count). The van der Waals surface area contributed by atoms with Crippen molar-refractivity contribution in [2.24, 2.45) is 5.92 Å². The second-order valence-corrected chi connectivity index (χ2v) is 8.21. The predicted octanol–water partition coefficient (Wildman–Crippen LogP) is 5.23. The predicted molar refractivity (Wildman–Crippen MR) is 111 cm³/mol. The van der Waals surface area contributed by atoms with E-state index in [1.54, 1.807) is 18.3 Å². The molecule has 9 heteroatoms. The van der Waals surface area contributed by atoms with Crippen molar-refractivity contribution in [2.45, 2.75) is 52.1 Å². The molecule has 0 bridgehead atoms. The van der Waals surface area contributed by atoms with Gasteiger partial charge in [-0.2, -0.15) is 0 Å². The third-order valence-corrected chi connectivity index (χ3v) is 5.70. The lowest BCUT2D eigenvalue weighted by Gasteiger charge is -2.23. The Kier molecular flexibility index (Phi) is 6.43. The molecule has 170 valence electrons. The highest BCUT2D eigenvalue weighted by atomic mass is 19.2. The third-order valence-electron chi connectivity index (χ3n) is 5.70. The summed E-state index contributed by atoms with van der Waals surface area (Å²) in [5, 5.41) is 0. The number of fused-ring (bicyclic) bond motifs is 1. The molecule has 2 aromatic heterocycles. The highest BCUT2D eigenvalue weighted by molar-refractivity contribution is 5.94. The second kappa shape index (κ2) is 9.26. The van der Waals surface area contributed by atoms with Crippen LogP contribution in [0, 0.1) is 29.2 Å². The first kappa shape index (κ1) is 22.2. The molecule has 1 aliphatic carbocycles. The molecule has 1 saturated carbocycles. The Morgan fingerprint density at radius 1 is 1.16 bits per heavy atom. The molecule has 1 fully saturated rings. The van der Waals surface area contributed by atoms with Gasteiger partial charge in [-0.15, -0.1) is 0 Å². The van der Waals surface area contributed by atoms with E-state index in [1.807, 2.05) is 11.5 Å². The van der Waals surface area contributed by atoms with E-state index >= 15 is 0 Å². The minimum Gasteiger partial charge on any atom is -0.331 e. The molecule has 1 aliphatic rings. The summed E-state index contributed by atoms with van der Waals surface area (Å²) in [6.45, 7) is 2.78. The van der Waals surface area contributed by atoms with Gasteiger partial charge in [-0.3, -0.25) is 4.79 Å². The summed E-state index contributed by atoms with van der Waals surface area (Å²) in [5.74, 6) is -6.69. The molecular formula is C23H24F4N4O. The van der Waals surface area contributed by atoms with E-state index in [0.29, 0.717) is 35.9 Å². The van der Waals surface area contributed by atoms with Gasteiger partial charge in [-0.1, -0.05) is 19.8 Å². The number of hydrogen-bond acceptors (Lipinski definition) is 3. The average molecular weight is 448 g/mol. The van der Waals surface area contributed by atoms with Crippen LogP contribution < -0.4 is 0 Å². The van der Waals surface area contributed by atoms with Gasteiger partial charge in [-0.25, -0.2) is 27.5 Å². The Morgan fingerprint density at radius 2 is 1.88 bits per heavy atom. The first-order valence-electron chi connectivity index (χ1n) is 10.8. The fraction of sp³-hybridized carbons (Fsp3) is 0.435. The number of pyridine rings is 1. The van der Waals surface area contributed by atoms with Gasteiger partial charge >= 0.3 is 0 Å². The number of benzene rings is 1. The third kappa shape index (κ3) is 4.47. The molecule has 5 nitrogen and oxygen atoms in total. The zero-order valence-corrected chi connectivity index (χ0v) is 17.8. The average Bonchev–Trinajstić information content (AvgIpc) is 3.53. The molecule has 1 amide bonds. The van der Waals surface area contributed by atoms with Crippen molar-refractivity contribution in [2.75, 3.05) is 6.54 Å². The molecule has 3 aromatic rings. The van der Waals surface area contributed by atoms with Crippen LogP contribution >= 0.6 is 0 Å². The number of imidazole rings is 1. The number of amides is 1. The molecule has 2 heterocycles. The Bertz CT molecular complexity index is 1120. The molecule has 32 heavy (non-hydrogen) atoms. The van der Waals surface area contributed by atoms with Crippen LogP contribution in [0.2, 0.25) is 0 Å². The second-order valence-electron chi connectivity index (χ2n) is 8.21. The van der Waals surface area contributed by atoms with Gasteiger partial charge in [0.05, 0.1) is 6.54 Å². The van der Waals surface area contributed by atoms with Crippen LogP contribution in [-0.2, 0) is 13.1 Å². The SMILES string of the molecule is CCCCCN(Cc1nc2cccnc2n1CC1CC1)C(=O)c1c(F)c(F)cc(F)c1F. The molecule has 0 spiro atoms. The van der Waals surface area contributed by atoms with Crippen molar-refractivity contribution in [3.63, 3.8) is 0 Å². The van der Waals surface area contributed by atoms with E-state index < -0.39 is 34.7 Å². The Balaban J connectivity index is 1.71. The summed E-state index contributed by atoms with van der Waals surface area (Å²) >= 11 is 0. The summed E-state index contributed by atoms with van der Waals surface area (Å²) in [7, 11) is 0. The maximum absolute atomic E-state index is 14.3. The highest BCUT2D eigenvalue weighted by Gasteiger charge is 2.30. The van der Waals surface area contributed by atoms with Gasteiger partial charge in [-0.05, 0) is 37.3 Å². The van der Waals surface area contributed by atoms with E-state index in [4.69, 9.17) is 0 Å². The topological polar surface area (TPSA) is 51.0 Å². The highest BCUT2D eigenvalue weighted by Crippen LogP contribution is 2.32. The van der Waals surface area contributed by atoms with E-state index in [9.17, 15) is 22.4 Å². The number of aromatic nitrogens is 3. The van der Waals surface area contributed by atoms with E-state index in [2.05, 4.69) is 9.97 Å². The number of rotatable bonds is 9. The maximum atomic E-state index is 14.3. The van der Waals surface area contributed by atoms with E-state index in [0.717, 1.165) is 25.7 Å². The molecular weight excluding hydrogens is 424 g/mol. The smallest absolute Gasteiger partial charge is 0.260 e. The normalized spacial score (nSPS) is 13.7. The van der Waals surface area contributed by atoms with Gasteiger partial charge in [0.1, 0.15) is 16.9 Å². The summed E-state index contributed by atoms with van der Waals surface area (Å²) < 4.78 is 58.1. The quantitative estimate of drug-likeness (QED) is 0.256. The van der Waals surface area contributed by atoms with Crippen molar-refractivity contribution in [1.29, 1.82) is 0 Å². The van der Waals surface area contributed by atoms with Crippen LogP contribution in [0.1, 0.15) is 55.2 Å². The lowest BCUT2D eigenvalue weighted by atomic mass is 10.1.